The summed E-state index contributed by atoms with van der Waals surface area (Å²) in [7, 11) is 1.65. The smallest absolute Gasteiger partial charge is 0.330 e. The molecule has 216 valence electrons. The number of methoxy groups -OCH3 is 1. The fourth-order valence-corrected chi connectivity index (χ4v) is 5.23. The van der Waals surface area contributed by atoms with Gasteiger partial charge >= 0.3 is 5.97 Å². The average molecular weight is 555 g/mol. The van der Waals surface area contributed by atoms with E-state index in [1.54, 1.807) is 26.2 Å². The van der Waals surface area contributed by atoms with E-state index in [2.05, 4.69) is 70.5 Å². The Balaban J connectivity index is 1.26. The van der Waals surface area contributed by atoms with Crippen molar-refractivity contribution in [2.75, 3.05) is 53.0 Å². The van der Waals surface area contributed by atoms with Gasteiger partial charge in [0.1, 0.15) is 0 Å². The molecular weight excluding hydrogens is 512 g/mol. The van der Waals surface area contributed by atoms with Gasteiger partial charge in [0.2, 0.25) is 0 Å². The molecule has 41 heavy (non-hydrogen) atoms. The number of rotatable bonds is 13. The number of ether oxygens (including phenoxy) is 3. The van der Waals surface area contributed by atoms with E-state index in [4.69, 9.17) is 14.2 Å². The Labute approximate surface area is 244 Å². The van der Waals surface area contributed by atoms with Crippen molar-refractivity contribution >= 4 is 12.0 Å². The van der Waals surface area contributed by atoms with Crippen molar-refractivity contribution in [2.24, 2.45) is 0 Å². The van der Waals surface area contributed by atoms with Crippen molar-refractivity contribution in [1.29, 1.82) is 0 Å². The van der Waals surface area contributed by atoms with E-state index in [1.807, 2.05) is 24.3 Å². The predicted molar refractivity (Wildman–Crippen MR) is 165 cm³/mol. The summed E-state index contributed by atoms with van der Waals surface area (Å²) < 4.78 is 16.6. The highest BCUT2D eigenvalue weighted by molar-refractivity contribution is 5.82. The molecule has 6 heteroatoms. The van der Waals surface area contributed by atoms with Gasteiger partial charge in [-0.25, -0.2) is 4.79 Å². The average Bonchev–Trinajstić information content (AvgIpc) is 3.25. The fraction of sp³-hybridized carbons (Fsp3) is 0.343. The third kappa shape index (κ3) is 9.34. The first-order valence-electron chi connectivity index (χ1n) is 14.6. The summed E-state index contributed by atoms with van der Waals surface area (Å²) >= 11 is 0. The van der Waals surface area contributed by atoms with Crippen LogP contribution in [-0.2, 0) is 9.53 Å². The molecule has 1 saturated heterocycles. The first-order chi connectivity index (χ1) is 20.2. The molecular formula is C35H42N2O4. The van der Waals surface area contributed by atoms with Crippen LogP contribution in [-0.4, -0.2) is 68.8 Å². The molecule has 3 aromatic rings. The van der Waals surface area contributed by atoms with Crippen LogP contribution in [0.3, 0.4) is 0 Å². The summed E-state index contributed by atoms with van der Waals surface area (Å²) in [5.74, 6) is 1.08. The highest BCUT2D eigenvalue weighted by Crippen LogP contribution is 2.30. The summed E-state index contributed by atoms with van der Waals surface area (Å²) in [6.45, 7) is 8.05. The van der Waals surface area contributed by atoms with Gasteiger partial charge in [-0.15, -0.1) is 0 Å². The summed E-state index contributed by atoms with van der Waals surface area (Å²) in [6, 6.07) is 27.9. The van der Waals surface area contributed by atoms with Gasteiger partial charge in [-0.1, -0.05) is 85.0 Å². The Hall–Kier alpha value is -3.87. The number of carbonyl (C=O) groups is 1. The second-order valence-electron chi connectivity index (χ2n) is 10.0. The Bertz CT molecular complexity index is 1220. The Morgan fingerprint density at radius 1 is 0.878 bits per heavy atom. The minimum Gasteiger partial charge on any atom is -0.493 e. The molecule has 3 aromatic carbocycles. The molecule has 1 aliphatic heterocycles. The van der Waals surface area contributed by atoms with Gasteiger partial charge in [-0.05, 0) is 55.1 Å². The van der Waals surface area contributed by atoms with Gasteiger partial charge < -0.3 is 19.1 Å². The monoisotopic (exact) mass is 554 g/mol. The Morgan fingerprint density at radius 3 is 2.29 bits per heavy atom. The van der Waals surface area contributed by atoms with Crippen LogP contribution in [0.1, 0.15) is 42.5 Å². The van der Waals surface area contributed by atoms with Crippen LogP contribution in [0.4, 0.5) is 0 Å². The first-order valence-corrected chi connectivity index (χ1v) is 14.6. The molecule has 0 spiro atoms. The molecule has 0 unspecified atom stereocenters. The lowest BCUT2D eigenvalue weighted by Gasteiger charge is -2.31. The van der Waals surface area contributed by atoms with Crippen LogP contribution in [0.5, 0.6) is 11.5 Å². The number of allylic oxidation sites excluding steroid dienone is 2. The maximum Gasteiger partial charge on any atom is 0.330 e. The summed E-state index contributed by atoms with van der Waals surface area (Å²) in [5.41, 5.74) is 3.66. The van der Waals surface area contributed by atoms with Crippen molar-refractivity contribution < 1.29 is 19.0 Å². The quantitative estimate of drug-likeness (QED) is 0.106. The van der Waals surface area contributed by atoms with Crippen LogP contribution >= 0.6 is 0 Å². The van der Waals surface area contributed by atoms with Crippen molar-refractivity contribution in [3.63, 3.8) is 0 Å². The van der Waals surface area contributed by atoms with Crippen molar-refractivity contribution in [3.05, 3.63) is 114 Å². The normalized spacial score (nSPS) is 14.9. The van der Waals surface area contributed by atoms with E-state index in [0.717, 1.165) is 56.9 Å². The Morgan fingerprint density at radius 2 is 1.61 bits per heavy atom. The summed E-state index contributed by atoms with van der Waals surface area (Å²) in [5, 5.41) is 0. The minimum absolute atomic E-state index is 0.277. The highest BCUT2D eigenvalue weighted by Gasteiger charge is 2.24. The first kappa shape index (κ1) is 30.1. The van der Waals surface area contributed by atoms with Crippen LogP contribution in [0.15, 0.2) is 97.1 Å². The van der Waals surface area contributed by atoms with Crippen molar-refractivity contribution in [3.8, 4) is 11.5 Å². The van der Waals surface area contributed by atoms with E-state index < -0.39 is 0 Å². The zero-order valence-corrected chi connectivity index (χ0v) is 24.3. The lowest BCUT2D eigenvalue weighted by Crippen LogP contribution is -2.34. The van der Waals surface area contributed by atoms with Gasteiger partial charge in [-0.3, -0.25) is 4.90 Å². The number of esters is 1. The molecule has 4 rings (SSSR count). The van der Waals surface area contributed by atoms with Gasteiger partial charge in [0.25, 0.3) is 0 Å². The second kappa shape index (κ2) is 16.4. The second-order valence-corrected chi connectivity index (χ2v) is 10.0. The third-order valence-electron chi connectivity index (χ3n) is 7.20. The molecule has 0 bridgehead atoms. The molecule has 0 atom stereocenters. The molecule has 0 amide bonds. The molecule has 0 aromatic heterocycles. The third-order valence-corrected chi connectivity index (χ3v) is 7.20. The summed E-state index contributed by atoms with van der Waals surface area (Å²) in [6.07, 6.45) is 8.88. The van der Waals surface area contributed by atoms with Crippen LogP contribution < -0.4 is 9.47 Å². The van der Waals surface area contributed by atoms with E-state index in [-0.39, 0.29) is 12.0 Å². The molecule has 1 fully saturated rings. The molecule has 1 aliphatic rings. The number of nitrogens with zero attached hydrogens (tertiary/aromatic N) is 2. The van der Waals surface area contributed by atoms with E-state index in [1.165, 1.54) is 17.2 Å². The number of carbonyl (C=O) groups excluding carboxylic acids is 1. The predicted octanol–water partition coefficient (Wildman–Crippen LogP) is 6.39. The lowest BCUT2D eigenvalue weighted by molar-refractivity contribution is -0.137. The molecule has 0 aliphatic carbocycles. The van der Waals surface area contributed by atoms with Gasteiger partial charge in [0.15, 0.2) is 11.5 Å². The highest BCUT2D eigenvalue weighted by atomic mass is 16.5. The molecule has 0 N–H and O–H groups in total. The fourth-order valence-electron chi connectivity index (χ4n) is 5.23. The van der Waals surface area contributed by atoms with Crippen molar-refractivity contribution in [1.82, 2.24) is 9.80 Å². The lowest BCUT2D eigenvalue weighted by atomic mass is 9.97. The maximum atomic E-state index is 11.4. The van der Waals surface area contributed by atoms with Crippen LogP contribution in [0.2, 0.25) is 0 Å². The van der Waals surface area contributed by atoms with Crippen LogP contribution in [0.25, 0.3) is 6.08 Å². The zero-order chi connectivity index (χ0) is 28.7. The van der Waals surface area contributed by atoms with E-state index in [0.29, 0.717) is 19.0 Å². The van der Waals surface area contributed by atoms with Crippen molar-refractivity contribution in [2.45, 2.75) is 25.8 Å². The SMILES string of the molecule is CCOC(=O)C=CC=Cc1ccc(OCCCN2CCCN(C(c3ccccc3)c3ccccc3)CC2)c(OC)c1. The van der Waals surface area contributed by atoms with Crippen LogP contribution in [0, 0.1) is 0 Å². The zero-order valence-electron chi connectivity index (χ0n) is 24.3. The topological polar surface area (TPSA) is 51.2 Å². The Kier molecular flexibility index (Phi) is 12.0. The number of benzene rings is 3. The summed E-state index contributed by atoms with van der Waals surface area (Å²) in [4.78, 5) is 16.6. The molecule has 1 heterocycles. The maximum absolute atomic E-state index is 11.4. The van der Waals surface area contributed by atoms with Gasteiger partial charge in [0, 0.05) is 32.3 Å². The molecule has 0 radical (unpaired) electrons. The molecule has 0 saturated carbocycles. The van der Waals surface area contributed by atoms with Gasteiger partial charge in [0.05, 0.1) is 26.4 Å². The standard InChI is InChI=1S/C35H42N2O4/c1-3-40-34(38)19-11-10-14-29-20-21-32(33(28-29)39-2)41-27-13-23-36-22-12-24-37(26-25-36)35(30-15-6-4-7-16-30)31-17-8-5-9-18-31/h4-11,14-21,28,35H,3,12-13,22-27H2,1-2H3. The number of hydrogen-bond donors (Lipinski definition) is 0. The number of hydrogen-bond acceptors (Lipinski definition) is 6. The van der Waals surface area contributed by atoms with E-state index in [9.17, 15) is 4.79 Å². The van der Waals surface area contributed by atoms with Gasteiger partial charge in [-0.2, -0.15) is 0 Å². The minimum atomic E-state index is -0.348. The largest absolute Gasteiger partial charge is 0.493 e. The van der Waals surface area contributed by atoms with E-state index >= 15 is 0 Å². The molecule has 6 nitrogen and oxygen atoms in total.